The van der Waals surface area contributed by atoms with Crippen LogP contribution in [0.1, 0.15) is 50.7 Å². The zero-order chi connectivity index (χ0) is 11.8. The first-order chi connectivity index (χ1) is 7.74. The van der Waals surface area contributed by atoms with Gasteiger partial charge in [-0.05, 0) is 49.4 Å². The Labute approximate surface area is 100 Å². The Bertz CT molecular complexity index is 274. The minimum atomic E-state index is 0.641. The fourth-order valence-electron chi connectivity index (χ4n) is 1.83. The van der Waals surface area contributed by atoms with Crippen molar-refractivity contribution in [3.63, 3.8) is 0 Å². The first-order valence-electron chi connectivity index (χ1n) is 6.53. The molecule has 0 radical (unpaired) electrons. The van der Waals surface area contributed by atoms with Gasteiger partial charge in [-0.15, -0.1) is 0 Å². The molecule has 0 spiro atoms. The maximum Gasteiger partial charge on any atom is -0.00489 e. The van der Waals surface area contributed by atoms with Gasteiger partial charge < -0.3 is 5.32 Å². The fraction of sp³-hybridized carbons (Fsp3) is 0.600. The standard InChI is InChI=1S/C15H25N/c1-4-16-12-6-5-7-14-8-10-15(11-9-14)13(2)3/h8-11,13,16H,4-7,12H2,1-3H3. The summed E-state index contributed by atoms with van der Waals surface area (Å²) in [5, 5.41) is 3.36. The summed E-state index contributed by atoms with van der Waals surface area (Å²) in [7, 11) is 0. The molecule has 0 bridgehead atoms. The van der Waals surface area contributed by atoms with E-state index in [4.69, 9.17) is 0 Å². The van der Waals surface area contributed by atoms with Crippen LogP contribution in [-0.2, 0) is 6.42 Å². The van der Waals surface area contributed by atoms with Crippen LogP contribution in [0.25, 0.3) is 0 Å². The topological polar surface area (TPSA) is 12.0 Å². The molecule has 90 valence electrons. The average molecular weight is 219 g/mol. The van der Waals surface area contributed by atoms with Crippen LogP contribution in [-0.4, -0.2) is 13.1 Å². The van der Waals surface area contributed by atoms with Crippen molar-refractivity contribution in [1.82, 2.24) is 5.32 Å². The van der Waals surface area contributed by atoms with Gasteiger partial charge in [0.2, 0.25) is 0 Å². The van der Waals surface area contributed by atoms with Crippen LogP contribution >= 0.6 is 0 Å². The van der Waals surface area contributed by atoms with Gasteiger partial charge in [0.15, 0.2) is 0 Å². The maximum absolute atomic E-state index is 3.36. The van der Waals surface area contributed by atoms with Crippen LogP contribution in [0.2, 0.25) is 0 Å². The van der Waals surface area contributed by atoms with Crippen molar-refractivity contribution in [2.24, 2.45) is 0 Å². The molecular formula is C15H25N. The van der Waals surface area contributed by atoms with Gasteiger partial charge in [-0.1, -0.05) is 45.0 Å². The van der Waals surface area contributed by atoms with Crippen molar-refractivity contribution in [3.05, 3.63) is 35.4 Å². The lowest BCUT2D eigenvalue weighted by molar-refractivity contribution is 0.641. The summed E-state index contributed by atoms with van der Waals surface area (Å²) in [6.07, 6.45) is 3.78. The summed E-state index contributed by atoms with van der Waals surface area (Å²) in [6, 6.07) is 9.10. The highest BCUT2D eigenvalue weighted by Crippen LogP contribution is 2.15. The second-order valence-electron chi connectivity index (χ2n) is 4.71. The molecular weight excluding hydrogens is 194 g/mol. The van der Waals surface area contributed by atoms with E-state index in [1.165, 1.54) is 30.4 Å². The predicted molar refractivity (Wildman–Crippen MR) is 72.0 cm³/mol. The number of rotatable bonds is 7. The molecule has 0 amide bonds. The van der Waals surface area contributed by atoms with Crippen LogP contribution in [0, 0.1) is 0 Å². The van der Waals surface area contributed by atoms with E-state index >= 15 is 0 Å². The lowest BCUT2D eigenvalue weighted by Gasteiger charge is -2.07. The van der Waals surface area contributed by atoms with Crippen molar-refractivity contribution < 1.29 is 0 Å². The first-order valence-corrected chi connectivity index (χ1v) is 6.53. The van der Waals surface area contributed by atoms with Gasteiger partial charge >= 0.3 is 0 Å². The third kappa shape index (κ3) is 4.80. The normalized spacial score (nSPS) is 11.0. The molecule has 1 aromatic rings. The highest BCUT2D eigenvalue weighted by atomic mass is 14.8. The van der Waals surface area contributed by atoms with Gasteiger partial charge in [0.05, 0.1) is 0 Å². The number of aryl methyl sites for hydroxylation is 1. The van der Waals surface area contributed by atoms with Crippen molar-refractivity contribution in [1.29, 1.82) is 0 Å². The largest absolute Gasteiger partial charge is 0.317 e. The second-order valence-corrected chi connectivity index (χ2v) is 4.71. The molecule has 1 rings (SSSR count). The van der Waals surface area contributed by atoms with Crippen LogP contribution in [0.4, 0.5) is 0 Å². The molecule has 0 aromatic heterocycles. The second kappa shape index (κ2) is 7.45. The predicted octanol–water partition coefficient (Wildman–Crippen LogP) is 3.74. The van der Waals surface area contributed by atoms with Crippen LogP contribution in [0.3, 0.4) is 0 Å². The van der Waals surface area contributed by atoms with E-state index in [1.54, 1.807) is 0 Å². The summed E-state index contributed by atoms with van der Waals surface area (Å²) < 4.78 is 0. The molecule has 1 heteroatoms. The van der Waals surface area contributed by atoms with Gasteiger partial charge in [0, 0.05) is 0 Å². The molecule has 0 saturated carbocycles. The maximum atomic E-state index is 3.36. The van der Waals surface area contributed by atoms with Crippen LogP contribution in [0.5, 0.6) is 0 Å². The third-order valence-electron chi connectivity index (χ3n) is 2.97. The molecule has 0 saturated heterocycles. The summed E-state index contributed by atoms with van der Waals surface area (Å²) in [6.45, 7) is 8.88. The van der Waals surface area contributed by atoms with Gasteiger partial charge in [0.25, 0.3) is 0 Å². The molecule has 1 nitrogen and oxygen atoms in total. The Kier molecular flexibility index (Phi) is 6.17. The lowest BCUT2D eigenvalue weighted by Crippen LogP contribution is -2.13. The van der Waals surface area contributed by atoms with Crippen LogP contribution in [0.15, 0.2) is 24.3 Å². The SMILES string of the molecule is CCNCCCCc1ccc(C(C)C)cc1. The average Bonchev–Trinajstić information content (AvgIpc) is 2.29. The van der Waals surface area contributed by atoms with Crippen molar-refractivity contribution in [2.45, 2.75) is 46.0 Å². The summed E-state index contributed by atoms with van der Waals surface area (Å²) in [5.41, 5.74) is 2.91. The van der Waals surface area contributed by atoms with Gasteiger partial charge in [-0.3, -0.25) is 0 Å². The molecule has 16 heavy (non-hydrogen) atoms. The zero-order valence-electron chi connectivity index (χ0n) is 10.9. The third-order valence-corrected chi connectivity index (χ3v) is 2.97. The molecule has 0 aliphatic rings. The van der Waals surface area contributed by atoms with Crippen LogP contribution < -0.4 is 5.32 Å². The molecule has 0 aliphatic heterocycles. The minimum Gasteiger partial charge on any atom is -0.317 e. The Balaban J connectivity index is 2.27. The van der Waals surface area contributed by atoms with E-state index in [0.29, 0.717) is 5.92 Å². The number of unbranched alkanes of at least 4 members (excludes halogenated alkanes) is 1. The number of benzene rings is 1. The molecule has 0 fully saturated rings. The Hall–Kier alpha value is -0.820. The number of nitrogens with one attached hydrogen (secondary N) is 1. The van der Waals surface area contributed by atoms with E-state index in [2.05, 4.69) is 50.4 Å². The molecule has 0 unspecified atom stereocenters. The quantitative estimate of drug-likeness (QED) is 0.689. The highest BCUT2D eigenvalue weighted by molar-refractivity contribution is 5.24. The van der Waals surface area contributed by atoms with Gasteiger partial charge in [-0.2, -0.15) is 0 Å². The summed E-state index contributed by atoms with van der Waals surface area (Å²) in [4.78, 5) is 0. The Morgan fingerprint density at radius 3 is 2.31 bits per heavy atom. The van der Waals surface area contributed by atoms with E-state index < -0.39 is 0 Å². The fourth-order valence-corrected chi connectivity index (χ4v) is 1.83. The van der Waals surface area contributed by atoms with Crippen molar-refractivity contribution >= 4 is 0 Å². The lowest BCUT2D eigenvalue weighted by atomic mass is 10.00. The minimum absolute atomic E-state index is 0.641. The summed E-state index contributed by atoms with van der Waals surface area (Å²) in [5.74, 6) is 0.641. The zero-order valence-corrected chi connectivity index (χ0v) is 10.9. The summed E-state index contributed by atoms with van der Waals surface area (Å²) >= 11 is 0. The molecule has 1 N–H and O–H groups in total. The smallest absolute Gasteiger partial charge is 0.00489 e. The van der Waals surface area contributed by atoms with E-state index in [-0.39, 0.29) is 0 Å². The van der Waals surface area contributed by atoms with Crippen molar-refractivity contribution in [2.75, 3.05) is 13.1 Å². The monoisotopic (exact) mass is 219 g/mol. The van der Waals surface area contributed by atoms with Gasteiger partial charge in [-0.25, -0.2) is 0 Å². The van der Waals surface area contributed by atoms with E-state index in [0.717, 1.165) is 13.1 Å². The highest BCUT2D eigenvalue weighted by Gasteiger charge is 1.98. The van der Waals surface area contributed by atoms with E-state index in [9.17, 15) is 0 Å². The van der Waals surface area contributed by atoms with Crippen molar-refractivity contribution in [3.8, 4) is 0 Å². The molecule has 0 heterocycles. The Morgan fingerprint density at radius 2 is 1.75 bits per heavy atom. The number of hydrogen-bond donors (Lipinski definition) is 1. The molecule has 0 aliphatic carbocycles. The molecule has 1 aromatic carbocycles. The Morgan fingerprint density at radius 1 is 1.06 bits per heavy atom. The van der Waals surface area contributed by atoms with E-state index in [1.807, 2.05) is 0 Å². The number of hydrogen-bond acceptors (Lipinski definition) is 1. The van der Waals surface area contributed by atoms with Gasteiger partial charge in [0.1, 0.15) is 0 Å². The molecule has 0 atom stereocenters. The first kappa shape index (κ1) is 13.2.